The van der Waals surface area contributed by atoms with Crippen LogP contribution >= 0.6 is 0 Å². The van der Waals surface area contributed by atoms with Crippen LogP contribution in [-0.4, -0.2) is 15.9 Å². The number of carbonyl (C=O) groups excluding carboxylic acids is 1. The molecule has 0 atom stereocenters. The average molecular weight is 258 g/mol. The summed E-state index contributed by atoms with van der Waals surface area (Å²) in [5.41, 5.74) is 0.117. The van der Waals surface area contributed by atoms with Crippen LogP contribution in [0.2, 0.25) is 0 Å². The minimum Gasteiger partial charge on any atom is -0.543 e. The van der Waals surface area contributed by atoms with Gasteiger partial charge in [0.25, 0.3) is 0 Å². The molecule has 0 N–H and O–H groups in total. The summed E-state index contributed by atoms with van der Waals surface area (Å²) < 4.78 is 25.7. The van der Waals surface area contributed by atoms with E-state index in [9.17, 15) is 18.7 Å². The third-order valence-corrected chi connectivity index (χ3v) is 2.09. The molecule has 86 valence electrons. The molecule has 0 amide bonds. The van der Waals surface area contributed by atoms with E-state index < -0.39 is 17.6 Å². The minimum atomic E-state index is -1.46. The number of aromatic carboxylic acids is 1. The summed E-state index contributed by atoms with van der Waals surface area (Å²) in [6, 6.07) is 4.28. The standard InChI is InChI=1S/C11H6F2N2O2.Na/c12-7-2-1-6(3-8(7)13)9-4-10(11(16)17)15-5-14-9;/h1-5H,(H,16,17);/q;+1/p-1. The second kappa shape index (κ2) is 5.99. The SMILES string of the molecule is O=C([O-])c1cc(-c2ccc(F)c(F)c2)ncn1.[Na+]. The first kappa shape index (κ1) is 14.7. The molecule has 0 bridgehead atoms. The number of halogens is 2. The van der Waals surface area contributed by atoms with Gasteiger partial charge in [-0.2, -0.15) is 0 Å². The summed E-state index contributed by atoms with van der Waals surface area (Å²) >= 11 is 0. The fraction of sp³-hybridized carbons (Fsp3) is 0. The summed E-state index contributed by atoms with van der Waals surface area (Å²) in [6.45, 7) is 0. The molecule has 0 radical (unpaired) electrons. The second-order valence-corrected chi connectivity index (χ2v) is 3.20. The maximum Gasteiger partial charge on any atom is 1.00 e. The molecule has 0 saturated carbocycles. The summed E-state index contributed by atoms with van der Waals surface area (Å²) in [5.74, 6) is -3.48. The third kappa shape index (κ3) is 3.10. The van der Waals surface area contributed by atoms with E-state index in [4.69, 9.17) is 0 Å². The Bertz CT molecular complexity index is 593. The fourth-order valence-electron chi connectivity index (χ4n) is 1.28. The first-order valence-electron chi connectivity index (χ1n) is 4.57. The van der Waals surface area contributed by atoms with E-state index in [1.54, 1.807) is 0 Å². The zero-order valence-corrected chi connectivity index (χ0v) is 11.4. The number of hydrogen-bond acceptors (Lipinski definition) is 4. The predicted molar refractivity (Wildman–Crippen MR) is 51.7 cm³/mol. The van der Waals surface area contributed by atoms with Crippen LogP contribution in [0.3, 0.4) is 0 Å². The van der Waals surface area contributed by atoms with Crippen LogP contribution in [0, 0.1) is 11.6 Å². The van der Waals surface area contributed by atoms with Gasteiger partial charge in [0.2, 0.25) is 0 Å². The van der Waals surface area contributed by atoms with Crippen molar-refractivity contribution in [2.75, 3.05) is 0 Å². The number of carboxylic acids is 1. The molecule has 0 fully saturated rings. The number of benzene rings is 1. The van der Waals surface area contributed by atoms with Gasteiger partial charge < -0.3 is 9.90 Å². The Hall–Kier alpha value is -1.37. The van der Waals surface area contributed by atoms with Crippen molar-refractivity contribution in [3.8, 4) is 11.3 Å². The van der Waals surface area contributed by atoms with Crippen molar-refractivity contribution >= 4 is 5.97 Å². The van der Waals surface area contributed by atoms with Crippen LogP contribution in [-0.2, 0) is 0 Å². The van der Waals surface area contributed by atoms with E-state index in [0.717, 1.165) is 24.5 Å². The van der Waals surface area contributed by atoms with Gasteiger partial charge in [-0.15, -0.1) is 0 Å². The van der Waals surface area contributed by atoms with Gasteiger partial charge in [-0.3, -0.25) is 0 Å². The molecule has 1 heterocycles. The Kier molecular flexibility index (Phi) is 4.89. The van der Waals surface area contributed by atoms with Crippen LogP contribution in [0.5, 0.6) is 0 Å². The van der Waals surface area contributed by atoms with Crippen molar-refractivity contribution in [3.05, 3.63) is 47.9 Å². The van der Waals surface area contributed by atoms with E-state index in [1.165, 1.54) is 6.07 Å². The Morgan fingerprint density at radius 1 is 1.11 bits per heavy atom. The number of rotatable bonds is 2. The van der Waals surface area contributed by atoms with E-state index in [2.05, 4.69) is 9.97 Å². The Morgan fingerprint density at radius 3 is 2.44 bits per heavy atom. The van der Waals surface area contributed by atoms with Gasteiger partial charge >= 0.3 is 29.6 Å². The Balaban J connectivity index is 0.00000162. The van der Waals surface area contributed by atoms with Crippen molar-refractivity contribution < 1.29 is 48.2 Å². The van der Waals surface area contributed by atoms with Crippen LogP contribution in [0.4, 0.5) is 8.78 Å². The van der Waals surface area contributed by atoms with Crippen LogP contribution in [0.15, 0.2) is 30.6 Å². The van der Waals surface area contributed by atoms with Crippen molar-refractivity contribution in [3.63, 3.8) is 0 Å². The number of nitrogens with zero attached hydrogens (tertiary/aromatic N) is 2. The van der Waals surface area contributed by atoms with Crippen molar-refractivity contribution in [1.82, 2.24) is 9.97 Å². The van der Waals surface area contributed by atoms with Crippen molar-refractivity contribution in [2.45, 2.75) is 0 Å². The maximum atomic E-state index is 13.0. The van der Waals surface area contributed by atoms with Crippen molar-refractivity contribution in [2.24, 2.45) is 0 Å². The molecule has 0 aliphatic heterocycles. The van der Waals surface area contributed by atoms with E-state index >= 15 is 0 Å². The molecule has 0 aliphatic carbocycles. The molecular weight excluding hydrogens is 253 g/mol. The molecule has 18 heavy (non-hydrogen) atoms. The molecule has 4 nitrogen and oxygen atoms in total. The maximum absolute atomic E-state index is 13.0. The van der Waals surface area contributed by atoms with Gasteiger partial charge in [0.15, 0.2) is 11.6 Å². The number of carboxylic acid groups (broad SMARTS) is 1. The zero-order valence-electron chi connectivity index (χ0n) is 9.35. The molecule has 7 heteroatoms. The summed E-state index contributed by atoms with van der Waals surface area (Å²) in [6.07, 6.45) is 1.02. The van der Waals surface area contributed by atoms with Gasteiger partial charge in [-0.1, -0.05) is 0 Å². The predicted octanol–water partition coefficient (Wildman–Crippen LogP) is -2.21. The topological polar surface area (TPSA) is 65.9 Å². The largest absolute Gasteiger partial charge is 1.00 e. The zero-order chi connectivity index (χ0) is 12.4. The molecule has 0 spiro atoms. The monoisotopic (exact) mass is 258 g/mol. The first-order chi connectivity index (χ1) is 8.08. The minimum absolute atomic E-state index is 0. The summed E-state index contributed by atoms with van der Waals surface area (Å²) in [5, 5.41) is 10.6. The van der Waals surface area contributed by atoms with Gasteiger partial charge in [-0.25, -0.2) is 18.7 Å². The van der Waals surface area contributed by atoms with Gasteiger partial charge in [0.1, 0.15) is 6.33 Å². The molecule has 1 aromatic heterocycles. The van der Waals surface area contributed by atoms with Gasteiger partial charge in [0.05, 0.1) is 17.4 Å². The summed E-state index contributed by atoms with van der Waals surface area (Å²) in [7, 11) is 0. The van der Waals surface area contributed by atoms with Gasteiger partial charge in [0, 0.05) is 5.56 Å². The average Bonchev–Trinajstić information content (AvgIpc) is 2.33. The fourth-order valence-corrected chi connectivity index (χ4v) is 1.28. The second-order valence-electron chi connectivity index (χ2n) is 3.20. The molecule has 1 aromatic carbocycles. The Labute approximate surface area is 123 Å². The normalized spacial score (nSPS) is 9.67. The molecule has 0 aliphatic rings. The molecule has 2 rings (SSSR count). The molecule has 0 unspecified atom stereocenters. The number of hydrogen-bond donors (Lipinski definition) is 0. The van der Waals surface area contributed by atoms with E-state index in [0.29, 0.717) is 0 Å². The van der Waals surface area contributed by atoms with Crippen LogP contribution in [0.25, 0.3) is 11.3 Å². The first-order valence-corrected chi connectivity index (χ1v) is 4.57. The van der Waals surface area contributed by atoms with Crippen LogP contribution < -0.4 is 34.7 Å². The quantitative estimate of drug-likeness (QED) is 0.573. The van der Waals surface area contributed by atoms with Gasteiger partial charge in [-0.05, 0) is 24.3 Å². The van der Waals surface area contributed by atoms with Crippen molar-refractivity contribution in [1.29, 1.82) is 0 Å². The Morgan fingerprint density at radius 2 is 1.83 bits per heavy atom. The third-order valence-electron chi connectivity index (χ3n) is 2.09. The summed E-state index contributed by atoms with van der Waals surface area (Å²) in [4.78, 5) is 17.8. The molecule has 2 aromatic rings. The number of carbonyl (C=O) groups is 1. The van der Waals surface area contributed by atoms with E-state index in [-0.39, 0.29) is 46.5 Å². The van der Waals surface area contributed by atoms with Crippen LogP contribution in [0.1, 0.15) is 10.5 Å². The molecule has 0 saturated heterocycles. The van der Waals surface area contributed by atoms with E-state index in [1.807, 2.05) is 0 Å². The number of aromatic nitrogens is 2. The smallest absolute Gasteiger partial charge is 0.543 e. The molecular formula is C11H5F2N2NaO2.